The molecule has 0 aromatic heterocycles. The lowest BCUT2D eigenvalue weighted by Crippen LogP contribution is -2.42. The lowest BCUT2D eigenvalue weighted by molar-refractivity contribution is -0.137. The van der Waals surface area contributed by atoms with E-state index in [4.69, 9.17) is 5.11 Å². The quantitative estimate of drug-likeness (QED) is 0.773. The molecule has 1 aromatic carbocycles. The zero-order valence-corrected chi connectivity index (χ0v) is 12.7. The van der Waals surface area contributed by atoms with E-state index in [1.54, 1.807) is 4.90 Å². The second-order valence-corrected chi connectivity index (χ2v) is 4.92. The van der Waals surface area contributed by atoms with Crippen LogP contribution in [-0.4, -0.2) is 35.1 Å². The van der Waals surface area contributed by atoms with E-state index >= 15 is 0 Å². The first-order chi connectivity index (χ1) is 10.1. The van der Waals surface area contributed by atoms with Crippen LogP contribution < -0.4 is 5.32 Å². The van der Waals surface area contributed by atoms with Crippen LogP contribution in [0.5, 0.6) is 0 Å². The Kier molecular flexibility index (Phi) is 7.29. The number of carbonyl (C=O) groups is 2. The fourth-order valence-electron chi connectivity index (χ4n) is 2.19. The van der Waals surface area contributed by atoms with Gasteiger partial charge in [0.15, 0.2) is 0 Å². The molecule has 1 aromatic rings. The first-order valence-electron chi connectivity index (χ1n) is 7.40. The highest BCUT2D eigenvalue weighted by Gasteiger charge is 2.18. The predicted octanol–water partition coefficient (Wildman–Crippen LogP) is 3.03. The van der Waals surface area contributed by atoms with Crippen LogP contribution in [-0.2, 0) is 4.79 Å². The summed E-state index contributed by atoms with van der Waals surface area (Å²) in [5, 5.41) is 11.8. The Morgan fingerprint density at radius 1 is 1.24 bits per heavy atom. The third kappa shape index (κ3) is 5.85. The van der Waals surface area contributed by atoms with E-state index in [0.717, 1.165) is 12.0 Å². The van der Waals surface area contributed by atoms with Gasteiger partial charge in [-0.1, -0.05) is 37.3 Å². The van der Waals surface area contributed by atoms with E-state index in [0.29, 0.717) is 19.5 Å². The second-order valence-electron chi connectivity index (χ2n) is 4.92. The highest BCUT2D eigenvalue weighted by atomic mass is 16.4. The van der Waals surface area contributed by atoms with Crippen molar-refractivity contribution in [3.05, 3.63) is 35.9 Å². The fourth-order valence-corrected chi connectivity index (χ4v) is 2.19. The van der Waals surface area contributed by atoms with Gasteiger partial charge in [0.2, 0.25) is 0 Å². The zero-order chi connectivity index (χ0) is 15.7. The van der Waals surface area contributed by atoms with Crippen LogP contribution in [0.15, 0.2) is 30.3 Å². The zero-order valence-electron chi connectivity index (χ0n) is 12.7. The maximum Gasteiger partial charge on any atom is 0.317 e. The molecule has 5 nitrogen and oxygen atoms in total. The Labute approximate surface area is 126 Å². The summed E-state index contributed by atoms with van der Waals surface area (Å²) < 4.78 is 0. The summed E-state index contributed by atoms with van der Waals surface area (Å²) in [6.45, 7) is 5.29. The first-order valence-corrected chi connectivity index (χ1v) is 7.40. The number of urea groups is 1. The Bertz CT molecular complexity index is 448. The molecule has 21 heavy (non-hydrogen) atoms. The monoisotopic (exact) mass is 292 g/mol. The lowest BCUT2D eigenvalue weighted by atomic mass is 10.0. The van der Waals surface area contributed by atoms with Gasteiger partial charge < -0.3 is 15.3 Å². The van der Waals surface area contributed by atoms with Gasteiger partial charge in [-0.2, -0.15) is 0 Å². The van der Waals surface area contributed by atoms with Crippen LogP contribution in [0, 0.1) is 0 Å². The minimum atomic E-state index is -0.855. The molecule has 2 N–H and O–H groups in total. The maximum absolute atomic E-state index is 12.3. The molecular formula is C16H24N2O3. The van der Waals surface area contributed by atoms with E-state index in [-0.39, 0.29) is 18.5 Å². The fraction of sp³-hybridized carbons (Fsp3) is 0.500. The number of carboxylic acids is 1. The average molecular weight is 292 g/mol. The van der Waals surface area contributed by atoms with Crippen molar-refractivity contribution in [3.63, 3.8) is 0 Å². The number of amides is 2. The van der Waals surface area contributed by atoms with Gasteiger partial charge in [0, 0.05) is 19.5 Å². The summed E-state index contributed by atoms with van der Waals surface area (Å²) >= 11 is 0. The Balaban J connectivity index is 2.77. The highest BCUT2D eigenvalue weighted by Crippen LogP contribution is 2.18. The SMILES string of the molecule is CCCN(CC)C(=O)NC(CCC(=O)O)c1ccccc1. The molecule has 0 aliphatic carbocycles. The van der Waals surface area contributed by atoms with Gasteiger partial charge in [-0.05, 0) is 25.3 Å². The molecule has 0 aliphatic rings. The molecule has 1 atom stereocenters. The summed E-state index contributed by atoms with van der Waals surface area (Å²) in [4.78, 5) is 24.8. The lowest BCUT2D eigenvalue weighted by Gasteiger charge is -2.25. The molecule has 0 spiro atoms. The van der Waals surface area contributed by atoms with Gasteiger partial charge in [0.05, 0.1) is 6.04 Å². The largest absolute Gasteiger partial charge is 0.481 e. The molecule has 0 bridgehead atoms. The van der Waals surface area contributed by atoms with Crippen molar-refractivity contribution in [2.75, 3.05) is 13.1 Å². The summed E-state index contributed by atoms with van der Waals surface area (Å²) in [6, 6.07) is 9.07. The molecule has 5 heteroatoms. The summed E-state index contributed by atoms with van der Waals surface area (Å²) in [7, 11) is 0. The summed E-state index contributed by atoms with van der Waals surface area (Å²) in [5.74, 6) is -0.855. The maximum atomic E-state index is 12.3. The van der Waals surface area contributed by atoms with Crippen LogP contribution >= 0.6 is 0 Å². The molecule has 0 heterocycles. The molecule has 0 radical (unpaired) electrons. The van der Waals surface area contributed by atoms with Crippen molar-refractivity contribution in [1.82, 2.24) is 10.2 Å². The van der Waals surface area contributed by atoms with Crippen molar-refractivity contribution in [3.8, 4) is 0 Å². The van der Waals surface area contributed by atoms with E-state index in [2.05, 4.69) is 5.32 Å². The molecule has 1 unspecified atom stereocenters. The molecule has 0 aliphatic heterocycles. The standard InChI is InChI=1S/C16H24N2O3/c1-3-12-18(4-2)16(21)17-14(10-11-15(19)20)13-8-6-5-7-9-13/h5-9,14H,3-4,10-12H2,1-2H3,(H,17,21)(H,19,20). The third-order valence-electron chi connectivity index (χ3n) is 3.31. The van der Waals surface area contributed by atoms with Crippen LogP contribution in [0.1, 0.15) is 44.7 Å². The predicted molar refractivity (Wildman–Crippen MR) is 82.1 cm³/mol. The van der Waals surface area contributed by atoms with Crippen LogP contribution in [0.4, 0.5) is 4.79 Å². The molecule has 2 amide bonds. The second kappa shape index (κ2) is 9.00. The highest BCUT2D eigenvalue weighted by molar-refractivity contribution is 5.75. The van der Waals surface area contributed by atoms with Crippen molar-refractivity contribution in [2.45, 2.75) is 39.2 Å². The van der Waals surface area contributed by atoms with Gasteiger partial charge in [-0.15, -0.1) is 0 Å². The Hall–Kier alpha value is -2.04. The van der Waals surface area contributed by atoms with Gasteiger partial charge in [0.25, 0.3) is 0 Å². The van der Waals surface area contributed by atoms with Crippen LogP contribution in [0.2, 0.25) is 0 Å². The molecule has 0 fully saturated rings. The third-order valence-corrected chi connectivity index (χ3v) is 3.31. The van der Waals surface area contributed by atoms with Gasteiger partial charge in [-0.3, -0.25) is 4.79 Å². The van der Waals surface area contributed by atoms with E-state index in [1.165, 1.54) is 0 Å². The minimum absolute atomic E-state index is 0.0275. The Morgan fingerprint density at radius 2 is 1.90 bits per heavy atom. The number of hydrogen-bond donors (Lipinski definition) is 2. The van der Waals surface area contributed by atoms with Gasteiger partial charge in [-0.25, -0.2) is 4.79 Å². The summed E-state index contributed by atoms with van der Waals surface area (Å²) in [6.07, 6.45) is 1.31. The molecule has 1 rings (SSSR count). The number of nitrogens with one attached hydrogen (secondary N) is 1. The number of hydrogen-bond acceptors (Lipinski definition) is 2. The van der Waals surface area contributed by atoms with Crippen molar-refractivity contribution >= 4 is 12.0 Å². The van der Waals surface area contributed by atoms with Crippen molar-refractivity contribution in [1.29, 1.82) is 0 Å². The molecular weight excluding hydrogens is 268 g/mol. The van der Waals surface area contributed by atoms with Gasteiger partial charge in [0.1, 0.15) is 0 Å². The minimum Gasteiger partial charge on any atom is -0.481 e. The van der Waals surface area contributed by atoms with Crippen molar-refractivity contribution < 1.29 is 14.7 Å². The summed E-state index contributed by atoms with van der Waals surface area (Å²) in [5.41, 5.74) is 0.930. The first kappa shape index (κ1) is 17.0. The smallest absolute Gasteiger partial charge is 0.317 e. The number of benzene rings is 1. The van der Waals surface area contributed by atoms with Crippen molar-refractivity contribution in [2.24, 2.45) is 0 Å². The van der Waals surface area contributed by atoms with E-state index < -0.39 is 5.97 Å². The molecule has 116 valence electrons. The normalized spacial score (nSPS) is 11.7. The van der Waals surface area contributed by atoms with E-state index in [1.807, 2.05) is 44.2 Å². The number of rotatable bonds is 8. The van der Waals surface area contributed by atoms with E-state index in [9.17, 15) is 9.59 Å². The number of aliphatic carboxylic acids is 1. The van der Waals surface area contributed by atoms with Crippen LogP contribution in [0.3, 0.4) is 0 Å². The molecule has 0 saturated heterocycles. The van der Waals surface area contributed by atoms with Gasteiger partial charge >= 0.3 is 12.0 Å². The number of nitrogens with zero attached hydrogens (tertiary/aromatic N) is 1. The topological polar surface area (TPSA) is 69.6 Å². The van der Waals surface area contributed by atoms with Crippen LogP contribution in [0.25, 0.3) is 0 Å². The number of carboxylic acid groups (broad SMARTS) is 1. The molecule has 0 saturated carbocycles. The Morgan fingerprint density at radius 3 is 2.43 bits per heavy atom. The number of carbonyl (C=O) groups excluding carboxylic acids is 1. The average Bonchev–Trinajstić information content (AvgIpc) is 2.49.